The Morgan fingerprint density at radius 1 is 1.15 bits per heavy atom. The standard InChI is InChI=1S/C16H9ClFNO/c17-10-1-3-14-12(5-10)16-9(7-19-14)8-20-15-4-2-11(18)6-13(15)16/h1-7H,8H2. The molecule has 1 aromatic heterocycles. The van der Waals surface area contributed by atoms with Gasteiger partial charge in [-0.15, -0.1) is 0 Å². The summed E-state index contributed by atoms with van der Waals surface area (Å²) in [5.74, 6) is 0.401. The van der Waals surface area contributed by atoms with Crippen LogP contribution in [0.15, 0.2) is 42.6 Å². The van der Waals surface area contributed by atoms with Crippen LogP contribution in [0.2, 0.25) is 5.02 Å². The first kappa shape index (κ1) is 11.7. The van der Waals surface area contributed by atoms with Crippen molar-refractivity contribution in [3.05, 3.63) is 59.0 Å². The van der Waals surface area contributed by atoms with Crippen LogP contribution in [0.1, 0.15) is 5.56 Å². The van der Waals surface area contributed by atoms with Gasteiger partial charge in [0, 0.05) is 33.3 Å². The van der Waals surface area contributed by atoms with E-state index in [0.29, 0.717) is 17.4 Å². The molecule has 0 N–H and O–H groups in total. The van der Waals surface area contributed by atoms with Crippen LogP contribution < -0.4 is 4.74 Å². The van der Waals surface area contributed by atoms with E-state index in [2.05, 4.69) is 4.98 Å². The maximum atomic E-state index is 13.6. The quantitative estimate of drug-likeness (QED) is 0.603. The van der Waals surface area contributed by atoms with E-state index in [9.17, 15) is 4.39 Å². The molecule has 0 radical (unpaired) electrons. The molecule has 1 aliphatic heterocycles. The molecule has 0 spiro atoms. The average Bonchev–Trinajstić information content (AvgIpc) is 2.46. The zero-order chi connectivity index (χ0) is 13.7. The van der Waals surface area contributed by atoms with Crippen molar-refractivity contribution in [1.29, 1.82) is 0 Å². The van der Waals surface area contributed by atoms with Gasteiger partial charge in [0.1, 0.15) is 18.2 Å². The minimum Gasteiger partial charge on any atom is -0.488 e. The van der Waals surface area contributed by atoms with Gasteiger partial charge in [-0.3, -0.25) is 4.98 Å². The largest absolute Gasteiger partial charge is 0.488 e. The zero-order valence-corrected chi connectivity index (χ0v) is 11.1. The Morgan fingerprint density at radius 3 is 2.95 bits per heavy atom. The smallest absolute Gasteiger partial charge is 0.127 e. The van der Waals surface area contributed by atoms with Gasteiger partial charge in [-0.05, 0) is 36.4 Å². The lowest BCUT2D eigenvalue weighted by Crippen LogP contribution is -2.07. The number of halogens is 2. The van der Waals surface area contributed by atoms with Gasteiger partial charge in [0.15, 0.2) is 0 Å². The molecule has 2 heterocycles. The summed E-state index contributed by atoms with van der Waals surface area (Å²) in [5, 5.41) is 1.56. The topological polar surface area (TPSA) is 22.1 Å². The lowest BCUT2D eigenvalue weighted by Gasteiger charge is -2.22. The highest BCUT2D eigenvalue weighted by Gasteiger charge is 2.21. The first-order chi connectivity index (χ1) is 9.72. The van der Waals surface area contributed by atoms with Crippen LogP contribution >= 0.6 is 11.6 Å². The monoisotopic (exact) mass is 285 g/mol. The van der Waals surface area contributed by atoms with Crippen molar-refractivity contribution in [3.8, 4) is 16.9 Å². The third-order valence-corrected chi connectivity index (χ3v) is 3.74. The Balaban J connectivity index is 2.14. The van der Waals surface area contributed by atoms with Gasteiger partial charge in [0.25, 0.3) is 0 Å². The van der Waals surface area contributed by atoms with Crippen molar-refractivity contribution in [2.45, 2.75) is 6.61 Å². The third kappa shape index (κ3) is 1.67. The first-order valence-corrected chi connectivity index (χ1v) is 6.60. The first-order valence-electron chi connectivity index (χ1n) is 6.22. The van der Waals surface area contributed by atoms with Crippen molar-refractivity contribution < 1.29 is 9.13 Å². The summed E-state index contributed by atoms with van der Waals surface area (Å²) in [6.45, 7) is 0.434. The molecule has 2 nitrogen and oxygen atoms in total. The van der Waals surface area contributed by atoms with E-state index in [4.69, 9.17) is 16.3 Å². The number of rotatable bonds is 0. The molecule has 1 aliphatic rings. The summed E-state index contributed by atoms with van der Waals surface area (Å²) in [5.41, 5.74) is 3.49. The molecular formula is C16H9ClFNO. The number of benzene rings is 2. The molecule has 4 rings (SSSR count). The van der Waals surface area contributed by atoms with Crippen molar-refractivity contribution in [3.63, 3.8) is 0 Å². The van der Waals surface area contributed by atoms with Gasteiger partial charge in [0.2, 0.25) is 0 Å². The summed E-state index contributed by atoms with van der Waals surface area (Å²) >= 11 is 6.09. The number of aromatic nitrogens is 1. The molecule has 2 aromatic carbocycles. The highest BCUT2D eigenvalue weighted by molar-refractivity contribution is 6.31. The number of ether oxygens (including phenoxy) is 1. The Hall–Kier alpha value is -2.13. The molecule has 3 aromatic rings. The summed E-state index contributed by atoms with van der Waals surface area (Å²) in [6, 6.07) is 10.1. The number of pyridine rings is 1. The second kappa shape index (κ2) is 4.18. The molecule has 0 aliphatic carbocycles. The van der Waals surface area contributed by atoms with Gasteiger partial charge in [-0.1, -0.05) is 11.6 Å². The molecule has 0 saturated carbocycles. The molecule has 0 bridgehead atoms. The predicted molar refractivity (Wildman–Crippen MR) is 76.5 cm³/mol. The molecule has 20 heavy (non-hydrogen) atoms. The van der Waals surface area contributed by atoms with E-state index >= 15 is 0 Å². The summed E-state index contributed by atoms with van der Waals surface area (Å²) in [6.07, 6.45) is 1.78. The SMILES string of the molecule is Fc1ccc2c(c1)-c1c(cnc3ccc(Cl)cc13)CO2. The van der Waals surface area contributed by atoms with Crippen LogP contribution in [0, 0.1) is 5.82 Å². The molecule has 4 heteroatoms. The average molecular weight is 286 g/mol. The lowest BCUT2D eigenvalue weighted by molar-refractivity contribution is 0.301. The van der Waals surface area contributed by atoms with E-state index in [1.807, 2.05) is 12.1 Å². The molecule has 98 valence electrons. The van der Waals surface area contributed by atoms with E-state index in [0.717, 1.165) is 27.6 Å². The van der Waals surface area contributed by atoms with E-state index in [1.54, 1.807) is 18.3 Å². The zero-order valence-electron chi connectivity index (χ0n) is 10.4. The van der Waals surface area contributed by atoms with Crippen LogP contribution in [0.25, 0.3) is 22.0 Å². The Kier molecular flexibility index (Phi) is 2.44. The number of hydrogen-bond acceptors (Lipinski definition) is 2. The maximum absolute atomic E-state index is 13.6. The minimum atomic E-state index is -0.285. The van der Waals surface area contributed by atoms with Gasteiger partial charge in [-0.25, -0.2) is 4.39 Å². The number of hydrogen-bond donors (Lipinski definition) is 0. The van der Waals surface area contributed by atoms with Crippen molar-refractivity contribution in [1.82, 2.24) is 4.98 Å². The maximum Gasteiger partial charge on any atom is 0.127 e. The number of fused-ring (bicyclic) bond motifs is 5. The highest BCUT2D eigenvalue weighted by atomic mass is 35.5. The van der Waals surface area contributed by atoms with E-state index in [1.165, 1.54) is 12.1 Å². The molecule has 0 amide bonds. The second-order valence-electron chi connectivity index (χ2n) is 4.75. The van der Waals surface area contributed by atoms with Gasteiger partial charge in [0.05, 0.1) is 5.52 Å². The Labute approximate surface area is 119 Å². The highest BCUT2D eigenvalue weighted by Crippen LogP contribution is 2.41. The van der Waals surface area contributed by atoms with Crippen molar-refractivity contribution >= 4 is 22.5 Å². The van der Waals surface area contributed by atoms with Crippen LogP contribution in [-0.4, -0.2) is 4.98 Å². The third-order valence-electron chi connectivity index (χ3n) is 3.50. The Bertz CT molecular complexity index is 847. The molecular weight excluding hydrogens is 277 g/mol. The van der Waals surface area contributed by atoms with Crippen LogP contribution in [0.4, 0.5) is 4.39 Å². The summed E-state index contributed by atoms with van der Waals surface area (Å²) in [7, 11) is 0. The lowest BCUT2D eigenvalue weighted by atomic mass is 9.94. The fraction of sp³-hybridized carbons (Fsp3) is 0.0625. The molecule has 0 atom stereocenters. The van der Waals surface area contributed by atoms with Crippen molar-refractivity contribution in [2.24, 2.45) is 0 Å². The fourth-order valence-corrected chi connectivity index (χ4v) is 2.78. The van der Waals surface area contributed by atoms with Gasteiger partial charge in [-0.2, -0.15) is 0 Å². The van der Waals surface area contributed by atoms with E-state index in [-0.39, 0.29) is 5.82 Å². The van der Waals surface area contributed by atoms with Gasteiger partial charge >= 0.3 is 0 Å². The molecule has 0 saturated heterocycles. The number of nitrogens with zero attached hydrogens (tertiary/aromatic N) is 1. The van der Waals surface area contributed by atoms with Crippen LogP contribution in [0.3, 0.4) is 0 Å². The van der Waals surface area contributed by atoms with Gasteiger partial charge < -0.3 is 4.74 Å². The normalized spacial score (nSPS) is 12.7. The minimum absolute atomic E-state index is 0.285. The Morgan fingerprint density at radius 2 is 2.05 bits per heavy atom. The summed E-state index contributed by atoms with van der Waals surface area (Å²) in [4.78, 5) is 4.40. The molecule has 0 fully saturated rings. The predicted octanol–water partition coefficient (Wildman–Crippen LogP) is 4.59. The summed E-state index contributed by atoms with van der Waals surface area (Å²) < 4.78 is 19.2. The second-order valence-corrected chi connectivity index (χ2v) is 5.19. The van der Waals surface area contributed by atoms with Crippen LogP contribution in [-0.2, 0) is 6.61 Å². The van der Waals surface area contributed by atoms with Crippen molar-refractivity contribution in [2.75, 3.05) is 0 Å². The fourth-order valence-electron chi connectivity index (χ4n) is 2.61. The molecule has 0 unspecified atom stereocenters. The van der Waals surface area contributed by atoms with E-state index < -0.39 is 0 Å². The van der Waals surface area contributed by atoms with Crippen LogP contribution in [0.5, 0.6) is 5.75 Å².